The van der Waals surface area contributed by atoms with Gasteiger partial charge in [0.2, 0.25) is 0 Å². The Morgan fingerprint density at radius 1 is 1.21 bits per heavy atom. The van der Waals surface area contributed by atoms with Gasteiger partial charge >= 0.3 is 5.97 Å². The van der Waals surface area contributed by atoms with Crippen LogP contribution in [0, 0.1) is 6.92 Å². The van der Waals surface area contributed by atoms with Gasteiger partial charge in [-0.1, -0.05) is 45.9 Å². The van der Waals surface area contributed by atoms with Gasteiger partial charge < -0.3 is 19.7 Å². The number of carbonyl (C=O) groups is 2. The topological polar surface area (TPSA) is 80.2 Å². The molecule has 0 saturated heterocycles. The minimum atomic E-state index is -0.481. The predicted molar refractivity (Wildman–Crippen MR) is 138 cm³/mol. The lowest BCUT2D eigenvalue weighted by atomic mass is 9.94. The zero-order chi connectivity index (χ0) is 24.2. The number of thioether (sulfide) groups is 1. The highest BCUT2D eigenvalue weighted by molar-refractivity contribution is 9.10. The number of nitrogens with zero attached hydrogens (tertiary/aromatic N) is 2. The first kappa shape index (κ1) is 24.1. The molecule has 0 spiro atoms. The standard InChI is InChI=1S/C25H24BrN3O4S/c1-4-32-24(31)22-16(3)27-25-29(11-12-34-25)23(22)18-7-5-6-8-20(18)33-14-21(30)28-19-10-9-17(26)13-15(19)2/h5-13,23H,4,14H2,1-3H3,(H,28,30)/t23-/m1/s1. The number of amides is 1. The number of fused-ring (bicyclic) bond motifs is 1. The molecule has 0 aliphatic carbocycles. The molecule has 1 N–H and O–H groups in total. The maximum absolute atomic E-state index is 12.9. The third kappa shape index (κ3) is 5.05. The lowest BCUT2D eigenvalue weighted by molar-refractivity contribution is -0.139. The number of allylic oxidation sites excluding steroid dienone is 1. The molecule has 7 nitrogen and oxygen atoms in total. The van der Waals surface area contributed by atoms with Gasteiger partial charge in [-0.25, -0.2) is 9.79 Å². The Balaban J connectivity index is 1.59. The molecule has 4 rings (SSSR count). The van der Waals surface area contributed by atoms with E-state index < -0.39 is 12.0 Å². The van der Waals surface area contributed by atoms with Crippen molar-refractivity contribution in [2.45, 2.75) is 26.8 Å². The number of esters is 1. The smallest absolute Gasteiger partial charge is 0.338 e. The zero-order valence-electron chi connectivity index (χ0n) is 19.0. The summed E-state index contributed by atoms with van der Waals surface area (Å²) in [5.41, 5.74) is 3.46. The molecule has 1 atom stereocenters. The van der Waals surface area contributed by atoms with Crippen LogP contribution in [0.5, 0.6) is 5.75 Å². The van der Waals surface area contributed by atoms with Gasteiger partial charge in [-0.2, -0.15) is 0 Å². The van der Waals surface area contributed by atoms with Gasteiger partial charge in [0.25, 0.3) is 5.91 Å². The molecule has 0 aromatic heterocycles. The second-order valence-electron chi connectivity index (χ2n) is 7.66. The van der Waals surface area contributed by atoms with E-state index in [1.807, 2.05) is 59.8 Å². The van der Waals surface area contributed by atoms with Crippen molar-refractivity contribution in [1.82, 2.24) is 4.90 Å². The predicted octanol–water partition coefficient (Wildman–Crippen LogP) is 5.54. The van der Waals surface area contributed by atoms with Crippen LogP contribution in [0.4, 0.5) is 5.69 Å². The van der Waals surface area contributed by atoms with E-state index in [0.717, 1.165) is 26.5 Å². The summed E-state index contributed by atoms with van der Waals surface area (Å²) in [6.07, 6.45) is 1.89. The highest BCUT2D eigenvalue weighted by Crippen LogP contribution is 2.43. The van der Waals surface area contributed by atoms with Gasteiger partial charge in [0.15, 0.2) is 11.8 Å². The number of para-hydroxylation sites is 1. The molecule has 1 amide bonds. The minimum Gasteiger partial charge on any atom is -0.483 e. The zero-order valence-corrected chi connectivity index (χ0v) is 21.4. The Bertz CT molecular complexity index is 1220. The van der Waals surface area contributed by atoms with E-state index >= 15 is 0 Å². The molecule has 0 bridgehead atoms. The number of halogens is 1. The first-order chi connectivity index (χ1) is 16.4. The molecular formula is C25H24BrN3O4S. The van der Waals surface area contributed by atoms with Gasteiger partial charge in [0.05, 0.1) is 23.9 Å². The number of aliphatic imine (C=N–C) groups is 1. The molecule has 34 heavy (non-hydrogen) atoms. The molecular weight excluding hydrogens is 518 g/mol. The fourth-order valence-corrected chi connectivity index (χ4v) is 5.08. The number of carbonyl (C=O) groups excluding carboxylic acids is 2. The van der Waals surface area contributed by atoms with Crippen LogP contribution in [0.3, 0.4) is 0 Å². The quantitative estimate of drug-likeness (QED) is 0.463. The second kappa shape index (κ2) is 10.5. The SMILES string of the molecule is CCOC(=O)C1=C(C)N=C2SC=CN2[C@@H]1c1ccccc1OCC(=O)Nc1ccc(Br)cc1C. The summed E-state index contributed by atoms with van der Waals surface area (Å²) in [4.78, 5) is 32.0. The molecule has 9 heteroatoms. The normalized spacial score (nSPS) is 16.8. The molecule has 0 unspecified atom stereocenters. The number of benzene rings is 2. The summed E-state index contributed by atoms with van der Waals surface area (Å²) in [6, 6.07) is 12.6. The Morgan fingerprint density at radius 2 is 2.00 bits per heavy atom. The van der Waals surface area contributed by atoms with Gasteiger partial charge in [0, 0.05) is 21.9 Å². The van der Waals surface area contributed by atoms with E-state index in [1.54, 1.807) is 19.9 Å². The average molecular weight is 542 g/mol. The fourth-order valence-electron chi connectivity index (χ4n) is 3.81. The summed E-state index contributed by atoms with van der Waals surface area (Å²) in [7, 11) is 0. The van der Waals surface area contributed by atoms with Crippen LogP contribution in [-0.4, -0.2) is 35.2 Å². The number of rotatable bonds is 7. The molecule has 2 aliphatic rings. The number of anilines is 1. The van der Waals surface area contributed by atoms with Crippen molar-refractivity contribution in [3.63, 3.8) is 0 Å². The van der Waals surface area contributed by atoms with Crippen molar-refractivity contribution in [3.05, 3.63) is 80.9 Å². The van der Waals surface area contributed by atoms with Crippen LogP contribution in [0.25, 0.3) is 0 Å². The summed E-state index contributed by atoms with van der Waals surface area (Å²) in [5, 5.41) is 5.58. The number of nitrogens with one attached hydrogen (secondary N) is 1. The van der Waals surface area contributed by atoms with Crippen LogP contribution in [0.15, 0.2) is 74.8 Å². The number of hydrogen-bond acceptors (Lipinski definition) is 7. The van der Waals surface area contributed by atoms with Crippen LogP contribution in [0.1, 0.15) is 31.0 Å². The molecule has 176 valence electrons. The van der Waals surface area contributed by atoms with Crippen LogP contribution in [0.2, 0.25) is 0 Å². The Labute approximate surface area is 211 Å². The van der Waals surface area contributed by atoms with Crippen molar-refractivity contribution < 1.29 is 19.1 Å². The fraction of sp³-hybridized carbons (Fsp3) is 0.240. The van der Waals surface area contributed by atoms with Gasteiger partial charge in [-0.3, -0.25) is 4.79 Å². The van der Waals surface area contributed by atoms with E-state index in [-0.39, 0.29) is 19.1 Å². The lowest BCUT2D eigenvalue weighted by Crippen LogP contribution is -2.34. The summed E-state index contributed by atoms with van der Waals surface area (Å²) < 4.78 is 12.3. The molecule has 0 fully saturated rings. The summed E-state index contributed by atoms with van der Waals surface area (Å²) in [5.74, 6) is -0.187. The van der Waals surface area contributed by atoms with Gasteiger partial charge in [-0.05, 0) is 56.0 Å². The Hall–Kier alpha value is -3.04. The highest BCUT2D eigenvalue weighted by Gasteiger charge is 2.38. The van der Waals surface area contributed by atoms with E-state index in [4.69, 9.17) is 9.47 Å². The minimum absolute atomic E-state index is 0.178. The van der Waals surface area contributed by atoms with Crippen molar-refractivity contribution in [1.29, 1.82) is 0 Å². The average Bonchev–Trinajstić information content (AvgIpc) is 3.27. The Morgan fingerprint density at radius 3 is 2.76 bits per heavy atom. The molecule has 2 aliphatic heterocycles. The third-order valence-corrected chi connectivity index (χ3v) is 6.61. The summed E-state index contributed by atoms with van der Waals surface area (Å²) in [6.45, 7) is 5.58. The first-order valence-corrected chi connectivity index (χ1v) is 12.4. The largest absolute Gasteiger partial charge is 0.483 e. The molecule has 0 radical (unpaired) electrons. The van der Waals surface area contributed by atoms with Crippen LogP contribution >= 0.6 is 27.7 Å². The highest BCUT2D eigenvalue weighted by atomic mass is 79.9. The van der Waals surface area contributed by atoms with Crippen molar-refractivity contribution >= 4 is 50.4 Å². The maximum atomic E-state index is 12.9. The molecule has 2 heterocycles. The number of aryl methyl sites for hydroxylation is 1. The van der Waals surface area contributed by atoms with Gasteiger partial charge in [-0.15, -0.1) is 0 Å². The Kier molecular flexibility index (Phi) is 7.43. The number of hydrogen-bond donors (Lipinski definition) is 1. The second-order valence-corrected chi connectivity index (χ2v) is 9.45. The molecule has 2 aromatic carbocycles. The summed E-state index contributed by atoms with van der Waals surface area (Å²) >= 11 is 4.91. The van der Waals surface area contributed by atoms with Gasteiger partial charge in [0.1, 0.15) is 5.75 Å². The maximum Gasteiger partial charge on any atom is 0.338 e. The van der Waals surface area contributed by atoms with E-state index in [9.17, 15) is 9.59 Å². The van der Waals surface area contributed by atoms with Crippen molar-refractivity contribution in [2.24, 2.45) is 4.99 Å². The van der Waals surface area contributed by atoms with E-state index in [2.05, 4.69) is 26.2 Å². The molecule has 0 saturated carbocycles. The van der Waals surface area contributed by atoms with Crippen molar-refractivity contribution in [3.8, 4) is 5.75 Å². The molecule has 2 aromatic rings. The monoisotopic (exact) mass is 541 g/mol. The number of amidine groups is 1. The first-order valence-electron chi connectivity index (χ1n) is 10.7. The number of ether oxygens (including phenoxy) is 2. The van der Waals surface area contributed by atoms with Crippen LogP contribution in [-0.2, 0) is 14.3 Å². The third-order valence-electron chi connectivity index (χ3n) is 5.35. The van der Waals surface area contributed by atoms with Crippen molar-refractivity contribution in [2.75, 3.05) is 18.5 Å². The van der Waals surface area contributed by atoms with E-state index in [0.29, 0.717) is 17.0 Å². The van der Waals surface area contributed by atoms with E-state index in [1.165, 1.54) is 11.8 Å². The lowest BCUT2D eigenvalue weighted by Gasteiger charge is -2.34. The van der Waals surface area contributed by atoms with Crippen LogP contribution < -0.4 is 10.1 Å².